The van der Waals surface area contributed by atoms with E-state index in [-0.39, 0.29) is 55.3 Å². The Hall–Kier alpha value is -3.23. The Balaban J connectivity index is 1.30. The van der Waals surface area contributed by atoms with Gasteiger partial charge >= 0.3 is 0 Å². The summed E-state index contributed by atoms with van der Waals surface area (Å²) in [5.74, 6) is -1.42. The van der Waals surface area contributed by atoms with Crippen LogP contribution in [0.2, 0.25) is 0 Å². The summed E-state index contributed by atoms with van der Waals surface area (Å²) in [5, 5.41) is 0. The second-order valence-corrected chi connectivity index (χ2v) is 8.32. The van der Waals surface area contributed by atoms with Gasteiger partial charge in [-0.25, -0.2) is 0 Å². The molecule has 0 spiro atoms. The first kappa shape index (κ1) is 21.0. The molecule has 0 aliphatic carbocycles. The molecule has 3 heterocycles. The highest BCUT2D eigenvalue weighted by Crippen LogP contribution is 2.27. The molecule has 0 saturated carbocycles. The Morgan fingerprint density at radius 1 is 0.871 bits per heavy atom. The number of carbonyl (C=O) groups is 5. The molecule has 164 valence electrons. The van der Waals surface area contributed by atoms with E-state index in [1.807, 2.05) is 31.2 Å². The van der Waals surface area contributed by atoms with Crippen molar-refractivity contribution in [3.8, 4) is 0 Å². The monoisotopic (exact) mass is 426 g/mol. The minimum absolute atomic E-state index is 0.0593. The summed E-state index contributed by atoms with van der Waals surface area (Å²) in [6.07, 6.45) is 0.507. The van der Waals surface area contributed by atoms with Gasteiger partial charge in [-0.15, -0.1) is 0 Å². The molecule has 1 atom stereocenters. The summed E-state index contributed by atoms with van der Waals surface area (Å²) in [6, 6.07) is 7.66. The van der Waals surface area contributed by atoms with Gasteiger partial charge in [0.05, 0.1) is 5.92 Å². The molecule has 31 heavy (non-hydrogen) atoms. The summed E-state index contributed by atoms with van der Waals surface area (Å²) < 4.78 is 0. The molecule has 4 rings (SSSR count). The van der Waals surface area contributed by atoms with Gasteiger partial charge in [0, 0.05) is 57.7 Å². The molecular formula is C22H26N4O5. The minimum atomic E-state index is -0.393. The van der Waals surface area contributed by atoms with Crippen molar-refractivity contribution >= 4 is 35.2 Å². The molecule has 0 N–H and O–H groups in total. The number of aryl methyl sites for hydroxylation is 1. The lowest BCUT2D eigenvalue weighted by Crippen LogP contribution is -2.54. The lowest BCUT2D eigenvalue weighted by molar-refractivity contribution is -0.147. The zero-order valence-corrected chi connectivity index (χ0v) is 17.6. The average Bonchev–Trinajstić information content (AvgIpc) is 3.31. The number of imide groups is 1. The first-order valence-corrected chi connectivity index (χ1v) is 10.6. The van der Waals surface area contributed by atoms with E-state index < -0.39 is 5.92 Å². The van der Waals surface area contributed by atoms with Gasteiger partial charge < -0.3 is 14.7 Å². The average molecular weight is 426 g/mol. The summed E-state index contributed by atoms with van der Waals surface area (Å²) in [7, 11) is 0. The number of anilines is 1. The lowest BCUT2D eigenvalue weighted by atomic mass is 10.1. The van der Waals surface area contributed by atoms with Gasteiger partial charge in [-0.1, -0.05) is 17.7 Å². The van der Waals surface area contributed by atoms with E-state index in [0.29, 0.717) is 32.7 Å². The van der Waals surface area contributed by atoms with E-state index >= 15 is 0 Å². The van der Waals surface area contributed by atoms with Crippen LogP contribution in [0, 0.1) is 12.8 Å². The van der Waals surface area contributed by atoms with Gasteiger partial charge in [0.15, 0.2) is 0 Å². The molecule has 0 bridgehead atoms. The van der Waals surface area contributed by atoms with Gasteiger partial charge in [0.1, 0.15) is 6.54 Å². The summed E-state index contributed by atoms with van der Waals surface area (Å²) in [4.78, 5) is 67.3. The van der Waals surface area contributed by atoms with E-state index in [1.165, 1.54) is 0 Å². The number of amides is 5. The second-order valence-electron chi connectivity index (χ2n) is 8.32. The predicted octanol–water partition coefficient (Wildman–Crippen LogP) is 0.168. The van der Waals surface area contributed by atoms with Crippen molar-refractivity contribution in [2.24, 2.45) is 5.92 Å². The van der Waals surface area contributed by atoms with Crippen LogP contribution in [0.5, 0.6) is 0 Å². The van der Waals surface area contributed by atoms with Crippen LogP contribution in [0.4, 0.5) is 5.69 Å². The van der Waals surface area contributed by atoms with E-state index in [4.69, 9.17) is 0 Å². The first-order chi connectivity index (χ1) is 14.8. The van der Waals surface area contributed by atoms with Crippen LogP contribution in [-0.4, -0.2) is 83.5 Å². The highest BCUT2D eigenvalue weighted by molar-refractivity contribution is 6.04. The number of likely N-dealkylation sites (tertiary alicyclic amines) is 1. The Morgan fingerprint density at radius 2 is 1.45 bits per heavy atom. The van der Waals surface area contributed by atoms with Crippen molar-refractivity contribution in [2.75, 3.05) is 44.2 Å². The van der Waals surface area contributed by atoms with Crippen molar-refractivity contribution in [3.05, 3.63) is 29.8 Å². The molecule has 0 radical (unpaired) electrons. The third-order valence-corrected chi connectivity index (χ3v) is 6.21. The molecule has 5 amide bonds. The zero-order chi connectivity index (χ0) is 22.1. The fraction of sp³-hybridized carbons (Fsp3) is 0.500. The largest absolute Gasteiger partial charge is 0.339 e. The lowest BCUT2D eigenvalue weighted by Gasteiger charge is -2.36. The molecule has 3 fully saturated rings. The zero-order valence-electron chi connectivity index (χ0n) is 17.6. The van der Waals surface area contributed by atoms with Gasteiger partial charge in [-0.05, 0) is 19.1 Å². The van der Waals surface area contributed by atoms with E-state index in [1.54, 1.807) is 14.7 Å². The maximum absolute atomic E-state index is 13.0. The molecule has 1 aromatic carbocycles. The number of rotatable bonds is 4. The Kier molecular flexibility index (Phi) is 5.75. The fourth-order valence-corrected chi connectivity index (χ4v) is 4.32. The highest BCUT2D eigenvalue weighted by atomic mass is 16.2. The Labute approximate surface area is 180 Å². The number of benzene rings is 1. The number of nitrogens with zero attached hydrogens (tertiary/aromatic N) is 4. The third kappa shape index (κ3) is 4.30. The third-order valence-electron chi connectivity index (χ3n) is 6.21. The molecule has 1 unspecified atom stereocenters. The number of carbonyl (C=O) groups excluding carboxylic acids is 5. The molecule has 1 aromatic rings. The van der Waals surface area contributed by atoms with Gasteiger partial charge in [0.25, 0.3) is 0 Å². The normalized spacial score (nSPS) is 22.0. The fourth-order valence-electron chi connectivity index (χ4n) is 4.32. The van der Waals surface area contributed by atoms with Gasteiger partial charge in [0.2, 0.25) is 29.5 Å². The Bertz CT molecular complexity index is 904. The molecule has 3 aliphatic rings. The molecule has 0 aromatic heterocycles. The quantitative estimate of drug-likeness (QED) is 0.639. The van der Waals surface area contributed by atoms with E-state index in [0.717, 1.165) is 16.2 Å². The Morgan fingerprint density at radius 3 is 2.06 bits per heavy atom. The smallest absolute Gasteiger partial charge is 0.242 e. The summed E-state index contributed by atoms with van der Waals surface area (Å²) >= 11 is 0. The van der Waals surface area contributed by atoms with Crippen molar-refractivity contribution in [2.45, 2.75) is 26.2 Å². The molecule has 3 saturated heterocycles. The van der Waals surface area contributed by atoms with Crippen molar-refractivity contribution < 1.29 is 24.0 Å². The number of hydrogen-bond donors (Lipinski definition) is 0. The van der Waals surface area contributed by atoms with Crippen molar-refractivity contribution in [3.63, 3.8) is 0 Å². The molecular weight excluding hydrogens is 400 g/mol. The summed E-state index contributed by atoms with van der Waals surface area (Å²) in [6.45, 7) is 3.57. The van der Waals surface area contributed by atoms with Crippen LogP contribution in [-0.2, 0) is 24.0 Å². The van der Waals surface area contributed by atoms with Gasteiger partial charge in [-0.3, -0.25) is 28.9 Å². The maximum Gasteiger partial charge on any atom is 0.242 e. The molecule has 9 nitrogen and oxygen atoms in total. The molecule has 9 heteroatoms. The van der Waals surface area contributed by atoms with Crippen LogP contribution in [0.1, 0.15) is 24.8 Å². The number of piperazine rings is 1. The summed E-state index contributed by atoms with van der Waals surface area (Å²) in [5.41, 5.74) is 1.90. The van der Waals surface area contributed by atoms with E-state index in [9.17, 15) is 24.0 Å². The second kappa shape index (κ2) is 8.49. The van der Waals surface area contributed by atoms with Crippen LogP contribution in [0.25, 0.3) is 0 Å². The van der Waals surface area contributed by atoms with Gasteiger partial charge in [-0.2, -0.15) is 0 Å². The SMILES string of the molecule is Cc1ccc(N2CC(C(=O)N3CCN(C(=O)CN4C(=O)CCC4=O)CC3)CC2=O)cc1. The van der Waals surface area contributed by atoms with E-state index in [2.05, 4.69) is 0 Å². The predicted molar refractivity (Wildman–Crippen MR) is 111 cm³/mol. The number of hydrogen-bond acceptors (Lipinski definition) is 5. The van der Waals surface area contributed by atoms with Crippen molar-refractivity contribution in [1.82, 2.24) is 14.7 Å². The van der Waals surface area contributed by atoms with Crippen LogP contribution in [0.15, 0.2) is 24.3 Å². The maximum atomic E-state index is 13.0. The minimum Gasteiger partial charge on any atom is -0.339 e. The van der Waals surface area contributed by atoms with Crippen molar-refractivity contribution in [1.29, 1.82) is 0 Å². The van der Waals surface area contributed by atoms with Crippen LogP contribution < -0.4 is 4.90 Å². The van der Waals surface area contributed by atoms with Crippen LogP contribution in [0.3, 0.4) is 0 Å². The van der Waals surface area contributed by atoms with Crippen LogP contribution >= 0.6 is 0 Å². The standard InChI is InChI=1S/C22H26N4O5/c1-15-2-4-17(5-3-15)25-13-16(12-20(25)29)22(31)24-10-8-23(9-11-24)21(30)14-26-18(27)6-7-19(26)28/h2-5,16H,6-14H2,1H3. The highest BCUT2D eigenvalue weighted by Gasteiger charge is 2.38. The molecule has 3 aliphatic heterocycles. The topological polar surface area (TPSA) is 98.3 Å². The first-order valence-electron chi connectivity index (χ1n) is 10.6.